The first-order valence-electron chi connectivity index (χ1n) is 4.94. The summed E-state index contributed by atoms with van der Waals surface area (Å²) in [6, 6.07) is 0. The largest absolute Gasteiger partial charge is 0.304 e. The van der Waals surface area contributed by atoms with E-state index in [0.717, 1.165) is 50.1 Å². The van der Waals surface area contributed by atoms with Gasteiger partial charge in [-0.3, -0.25) is 4.90 Å². The summed E-state index contributed by atoms with van der Waals surface area (Å²) in [5.74, 6) is 0.796. The van der Waals surface area contributed by atoms with E-state index in [1.165, 1.54) is 0 Å². The van der Waals surface area contributed by atoms with Gasteiger partial charge < -0.3 is 4.90 Å². The van der Waals surface area contributed by atoms with E-state index >= 15 is 0 Å². The Labute approximate surface area is 83.8 Å². The Bertz CT molecular complexity index is 295. The van der Waals surface area contributed by atoms with Crippen LogP contribution in [-0.4, -0.2) is 52.4 Å². The van der Waals surface area contributed by atoms with E-state index in [1.54, 1.807) is 0 Å². The molecule has 0 saturated carbocycles. The zero-order chi connectivity index (χ0) is 9.97. The summed E-state index contributed by atoms with van der Waals surface area (Å²) < 4.78 is 11.4. The molecular weight excluding hydrogens is 184 g/mol. The maximum absolute atomic E-state index is 7.28. The van der Waals surface area contributed by atoms with Crippen molar-refractivity contribution in [3.63, 3.8) is 0 Å². The fraction of sp³-hybridized carbons (Fsp3) is 0.750. The first-order chi connectivity index (χ1) is 6.74. The lowest BCUT2D eigenvalue weighted by atomic mass is 10.3. The summed E-state index contributed by atoms with van der Waals surface area (Å²) in [4.78, 5) is 8.70. The van der Waals surface area contributed by atoms with Gasteiger partial charge in [0.2, 0.25) is 0 Å². The van der Waals surface area contributed by atoms with Gasteiger partial charge in [0.05, 0.1) is 7.92 Å². The Morgan fingerprint density at radius 2 is 2.31 bits per heavy atom. The first kappa shape index (κ1) is 7.84. The van der Waals surface area contributed by atoms with Crippen molar-refractivity contribution in [2.24, 2.45) is 0 Å². The standard InChI is InChI=1S/C8H14N4S/c1-11-2-4-12(5-3-11)6-8-9-7-13-10-8/h7H,2-6H2,1H3/i7D. The number of aromatic nitrogens is 2. The van der Waals surface area contributed by atoms with Crippen LogP contribution in [0.1, 0.15) is 7.20 Å². The molecule has 0 spiro atoms. The number of rotatable bonds is 2. The fourth-order valence-corrected chi connectivity index (χ4v) is 1.83. The molecule has 2 rings (SSSR count). The minimum Gasteiger partial charge on any atom is -0.304 e. The van der Waals surface area contributed by atoms with E-state index in [2.05, 4.69) is 26.2 Å². The van der Waals surface area contributed by atoms with Crippen molar-refractivity contribution in [3.8, 4) is 0 Å². The van der Waals surface area contributed by atoms with Gasteiger partial charge in [-0.1, -0.05) is 0 Å². The number of hydrogen-bond donors (Lipinski definition) is 0. The van der Waals surface area contributed by atoms with Crippen molar-refractivity contribution >= 4 is 11.5 Å². The van der Waals surface area contributed by atoms with Crippen LogP contribution in [-0.2, 0) is 6.54 Å². The van der Waals surface area contributed by atoms with Crippen LogP contribution in [0.3, 0.4) is 0 Å². The van der Waals surface area contributed by atoms with Gasteiger partial charge in [0.1, 0.15) is 5.49 Å². The number of hydrogen-bond acceptors (Lipinski definition) is 5. The number of nitrogens with zero attached hydrogens (tertiary/aromatic N) is 4. The second-order valence-corrected chi connectivity index (χ2v) is 3.93. The van der Waals surface area contributed by atoms with Crippen LogP contribution >= 0.6 is 11.5 Å². The zero-order valence-corrected chi connectivity index (χ0v) is 8.55. The summed E-state index contributed by atoms with van der Waals surface area (Å²) in [5.41, 5.74) is 0.314. The van der Waals surface area contributed by atoms with Gasteiger partial charge in [0, 0.05) is 26.2 Å². The van der Waals surface area contributed by atoms with E-state index in [9.17, 15) is 0 Å². The molecule has 13 heavy (non-hydrogen) atoms. The maximum Gasteiger partial charge on any atom is 0.156 e. The van der Waals surface area contributed by atoms with Crippen molar-refractivity contribution in [1.82, 2.24) is 19.2 Å². The van der Waals surface area contributed by atoms with Crippen LogP contribution in [0.25, 0.3) is 0 Å². The van der Waals surface area contributed by atoms with Crippen molar-refractivity contribution < 1.29 is 1.37 Å². The second kappa shape index (κ2) is 4.13. The third-order valence-corrected chi connectivity index (χ3v) is 2.80. The Morgan fingerprint density at radius 1 is 1.54 bits per heavy atom. The van der Waals surface area contributed by atoms with Crippen LogP contribution in [0.15, 0.2) is 5.49 Å². The van der Waals surface area contributed by atoms with E-state index < -0.39 is 0 Å². The molecular formula is C8H14N4S. The Kier molecular flexibility index (Phi) is 2.49. The molecule has 0 bridgehead atoms. The smallest absolute Gasteiger partial charge is 0.156 e. The highest BCUT2D eigenvalue weighted by Crippen LogP contribution is 2.04. The highest BCUT2D eigenvalue weighted by atomic mass is 32.1. The predicted molar refractivity (Wildman–Crippen MR) is 52.7 cm³/mol. The summed E-state index contributed by atoms with van der Waals surface area (Å²) in [5, 5.41) is 0. The van der Waals surface area contributed by atoms with Crippen molar-refractivity contribution in [2.45, 2.75) is 6.54 Å². The molecule has 0 unspecified atom stereocenters. The normalized spacial score (nSPS) is 21.8. The molecule has 0 atom stereocenters. The minimum atomic E-state index is 0.314. The SMILES string of the molecule is [2H]c1nc(CN2CCN(C)CC2)ns1. The molecule has 1 aromatic rings. The summed E-state index contributed by atoms with van der Waals surface area (Å²) in [6.45, 7) is 5.16. The van der Waals surface area contributed by atoms with Gasteiger partial charge in [-0.15, -0.1) is 0 Å². The van der Waals surface area contributed by atoms with Crippen LogP contribution in [0, 0.1) is 0 Å². The lowest BCUT2D eigenvalue weighted by molar-refractivity contribution is 0.146. The van der Waals surface area contributed by atoms with Crippen molar-refractivity contribution in [1.29, 1.82) is 0 Å². The molecule has 72 valence electrons. The van der Waals surface area contributed by atoms with Crippen LogP contribution in [0.4, 0.5) is 0 Å². The van der Waals surface area contributed by atoms with Crippen molar-refractivity contribution in [2.75, 3.05) is 33.2 Å². The van der Waals surface area contributed by atoms with Gasteiger partial charge in [-0.05, 0) is 18.6 Å². The molecule has 0 amide bonds. The van der Waals surface area contributed by atoms with Gasteiger partial charge in [-0.25, -0.2) is 4.98 Å². The van der Waals surface area contributed by atoms with Crippen molar-refractivity contribution in [3.05, 3.63) is 11.3 Å². The van der Waals surface area contributed by atoms with E-state index in [0.29, 0.717) is 5.49 Å². The lowest BCUT2D eigenvalue weighted by Crippen LogP contribution is -2.44. The van der Waals surface area contributed by atoms with Crippen LogP contribution < -0.4 is 0 Å². The number of likely N-dealkylation sites (N-methyl/N-ethyl adjacent to an activating group) is 1. The minimum absolute atomic E-state index is 0.314. The average Bonchev–Trinajstić information content (AvgIpc) is 2.56. The fourth-order valence-electron chi connectivity index (χ4n) is 1.44. The molecule has 1 fully saturated rings. The van der Waals surface area contributed by atoms with Gasteiger partial charge in [0.15, 0.2) is 5.82 Å². The molecule has 0 aromatic carbocycles. The highest BCUT2D eigenvalue weighted by Gasteiger charge is 2.14. The first-order valence-corrected chi connectivity index (χ1v) is 5.21. The van der Waals surface area contributed by atoms with E-state index in [1.807, 2.05) is 0 Å². The van der Waals surface area contributed by atoms with Crippen LogP contribution in [0.5, 0.6) is 0 Å². The predicted octanol–water partition coefficient (Wildman–Crippen LogP) is 0.286. The van der Waals surface area contributed by atoms with E-state index in [4.69, 9.17) is 1.37 Å². The summed E-state index contributed by atoms with van der Waals surface area (Å²) in [6.07, 6.45) is 0. The quantitative estimate of drug-likeness (QED) is 0.685. The van der Waals surface area contributed by atoms with Gasteiger partial charge in [-0.2, -0.15) is 4.37 Å². The molecule has 0 radical (unpaired) electrons. The molecule has 5 heteroatoms. The van der Waals surface area contributed by atoms with Crippen LogP contribution in [0.2, 0.25) is 0 Å². The average molecular weight is 199 g/mol. The molecule has 0 N–H and O–H groups in total. The highest BCUT2D eigenvalue weighted by molar-refractivity contribution is 7.03. The van der Waals surface area contributed by atoms with Gasteiger partial charge >= 0.3 is 0 Å². The summed E-state index contributed by atoms with van der Waals surface area (Å²) >= 11 is 1.16. The molecule has 1 aliphatic heterocycles. The Hall–Kier alpha value is -0.520. The summed E-state index contributed by atoms with van der Waals surface area (Å²) in [7, 11) is 2.14. The maximum atomic E-state index is 7.28. The molecule has 1 aliphatic rings. The van der Waals surface area contributed by atoms with E-state index in [-0.39, 0.29) is 0 Å². The lowest BCUT2D eigenvalue weighted by Gasteiger charge is -2.31. The molecule has 0 aliphatic carbocycles. The third kappa shape index (κ3) is 2.46. The molecule has 1 saturated heterocycles. The molecule has 4 nitrogen and oxygen atoms in total. The third-order valence-electron chi connectivity index (χ3n) is 2.33. The van der Waals surface area contributed by atoms with Gasteiger partial charge in [0.25, 0.3) is 0 Å². The topological polar surface area (TPSA) is 32.3 Å². The molecule has 2 heterocycles. The second-order valence-electron chi connectivity index (χ2n) is 3.38. The monoisotopic (exact) mass is 199 g/mol. The number of piperazine rings is 1. The molecule has 1 aromatic heterocycles. The Balaban J connectivity index is 1.86. The zero-order valence-electron chi connectivity index (χ0n) is 8.73. The Morgan fingerprint density at radius 3 is 2.92 bits per heavy atom.